The zero-order valence-corrected chi connectivity index (χ0v) is 22.7. The lowest BCUT2D eigenvalue weighted by molar-refractivity contribution is -0.138. The molecule has 4 aromatic carbocycles. The average molecular weight is 576 g/mol. The molecule has 1 N–H and O–H groups in total. The van der Waals surface area contributed by atoms with Gasteiger partial charge in [-0.2, -0.15) is 13.2 Å². The van der Waals surface area contributed by atoms with Gasteiger partial charge in [-0.1, -0.05) is 72.8 Å². The first kappa shape index (κ1) is 28.7. The summed E-state index contributed by atoms with van der Waals surface area (Å²) in [4.78, 5) is 25.9. The fraction of sp³-hybridized carbons (Fsp3) is 0.212. The minimum Gasteiger partial charge on any atom is -0.488 e. The van der Waals surface area contributed by atoms with Gasteiger partial charge in [0.2, 0.25) is 0 Å². The van der Waals surface area contributed by atoms with E-state index in [9.17, 15) is 27.9 Å². The summed E-state index contributed by atoms with van der Waals surface area (Å²) in [6, 6.07) is 26.2. The maximum atomic E-state index is 13.9. The number of rotatable bonds is 9. The molecule has 2 unspecified atom stereocenters. The molecule has 216 valence electrons. The summed E-state index contributed by atoms with van der Waals surface area (Å²) in [5, 5.41) is 9.38. The monoisotopic (exact) mass is 575 g/mol. The minimum atomic E-state index is -4.62. The SMILES string of the molecule is CC1C(c2ccccc2)OC(=O)N1Cc1cc(C(F)(F)F)ccc1-c1cc(CC(=O)O)ccc1OCc1ccccc1. The molecule has 0 spiro atoms. The molecule has 1 fully saturated rings. The highest BCUT2D eigenvalue weighted by molar-refractivity contribution is 5.78. The van der Waals surface area contributed by atoms with Crippen LogP contribution in [0.1, 0.15) is 40.8 Å². The largest absolute Gasteiger partial charge is 0.488 e. The summed E-state index contributed by atoms with van der Waals surface area (Å²) in [5.74, 6) is -0.680. The van der Waals surface area contributed by atoms with E-state index >= 15 is 0 Å². The van der Waals surface area contributed by atoms with E-state index in [-0.39, 0.29) is 25.1 Å². The lowest BCUT2D eigenvalue weighted by Crippen LogP contribution is -2.31. The van der Waals surface area contributed by atoms with Crippen molar-refractivity contribution in [1.82, 2.24) is 4.90 Å². The lowest BCUT2D eigenvalue weighted by atomic mass is 9.93. The highest BCUT2D eigenvalue weighted by atomic mass is 19.4. The van der Waals surface area contributed by atoms with Crippen LogP contribution in [-0.2, 0) is 35.3 Å². The molecule has 5 rings (SSSR count). The average Bonchev–Trinajstić information content (AvgIpc) is 3.25. The van der Waals surface area contributed by atoms with Crippen LogP contribution in [0.4, 0.5) is 18.0 Å². The molecule has 0 bridgehead atoms. The van der Waals surface area contributed by atoms with Gasteiger partial charge in [-0.15, -0.1) is 0 Å². The Balaban J connectivity index is 1.56. The van der Waals surface area contributed by atoms with Crippen LogP contribution in [0.3, 0.4) is 0 Å². The van der Waals surface area contributed by atoms with Crippen molar-refractivity contribution in [3.63, 3.8) is 0 Å². The summed E-state index contributed by atoms with van der Waals surface area (Å²) >= 11 is 0. The number of carbonyl (C=O) groups excluding carboxylic acids is 1. The highest BCUT2D eigenvalue weighted by Gasteiger charge is 2.40. The Labute approximate surface area is 240 Å². The Morgan fingerprint density at radius 1 is 0.905 bits per heavy atom. The standard InChI is InChI=1S/C33H28F3NO5/c1-21-31(24-10-6-3-7-11-24)42-32(40)37(21)19-25-18-26(33(34,35)36)13-14-27(25)28-16-23(17-30(38)39)12-15-29(28)41-20-22-8-4-2-5-9-22/h2-16,18,21,31H,17,19-20H2,1H3,(H,38,39). The van der Waals surface area contributed by atoms with Crippen LogP contribution < -0.4 is 4.74 Å². The Hall–Kier alpha value is -4.79. The number of aliphatic carboxylic acids is 1. The Morgan fingerprint density at radius 3 is 2.26 bits per heavy atom. The second-order valence-electron chi connectivity index (χ2n) is 10.1. The third kappa shape index (κ3) is 6.40. The summed E-state index contributed by atoms with van der Waals surface area (Å²) in [5.41, 5.74) is 2.28. The first-order chi connectivity index (χ1) is 20.1. The van der Waals surface area contributed by atoms with Crippen LogP contribution in [0.2, 0.25) is 0 Å². The summed E-state index contributed by atoms with van der Waals surface area (Å²) in [6.45, 7) is 1.82. The summed E-state index contributed by atoms with van der Waals surface area (Å²) in [6.07, 6.45) is -6.12. The van der Waals surface area contributed by atoms with E-state index in [0.717, 1.165) is 23.3 Å². The number of cyclic esters (lactones) is 1. The van der Waals surface area contributed by atoms with E-state index in [4.69, 9.17) is 9.47 Å². The van der Waals surface area contributed by atoms with Crippen LogP contribution in [0.5, 0.6) is 5.75 Å². The van der Waals surface area contributed by atoms with E-state index in [1.54, 1.807) is 25.1 Å². The number of halogens is 3. The Bertz CT molecular complexity index is 1570. The van der Waals surface area contributed by atoms with Crippen molar-refractivity contribution in [2.45, 2.75) is 44.8 Å². The molecule has 1 aliphatic rings. The first-order valence-corrected chi connectivity index (χ1v) is 13.3. The van der Waals surface area contributed by atoms with Gasteiger partial charge in [-0.05, 0) is 59.0 Å². The maximum Gasteiger partial charge on any atom is 0.416 e. The van der Waals surface area contributed by atoms with Crippen molar-refractivity contribution in [2.75, 3.05) is 0 Å². The van der Waals surface area contributed by atoms with Crippen molar-refractivity contribution < 1.29 is 37.3 Å². The molecule has 0 aliphatic carbocycles. The molecule has 0 saturated carbocycles. The first-order valence-electron chi connectivity index (χ1n) is 13.3. The third-order valence-electron chi connectivity index (χ3n) is 7.22. The number of nitrogens with zero attached hydrogens (tertiary/aromatic N) is 1. The van der Waals surface area contributed by atoms with Crippen LogP contribution in [0.25, 0.3) is 11.1 Å². The van der Waals surface area contributed by atoms with E-state index in [2.05, 4.69) is 0 Å². The number of benzene rings is 4. The van der Waals surface area contributed by atoms with Crippen molar-refractivity contribution in [1.29, 1.82) is 0 Å². The molecule has 1 amide bonds. The van der Waals surface area contributed by atoms with Crippen LogP contribution in [-0.4, -0.2) is 28.1 Å². The smallest absolute Gasteiger partial charge is 0.416 e. The normalized spacial score (nSPS) is 16.8. The molecular weight excluding hydrogens is 547 g/mol. The second kappa shape index (κ2) is 12.0. The zero-order chi connectivity index (χ0) is 29.9. The van der Waals surface area contributed by atoms with Gasteiger partial charge in [0.25, 0.3) is 0 Å². The predicted octanol–water partition coefficient (Wildman–Crippen LogP) is 7.66. The number of hydrogen-bond acceptors (Lipinski definition) is 4. The fourth-order valence-electron chi connectivity index (χ4n) is 5.08. The topological polar surface area (TPSA) is 76.1 Å². The fourth-order valence-corrected chi connectivity index (χ4v) is 5.08. The highest BCUT2D eigenvalue weighted by Crippen LogP contribution is 2.40. The van der Waals surface area contributed by atoms with Crippen LogP contribution >= 0.6 is 0 Å². The van der Waals surface area contributed by atoms with Crippen molar-refractivity contribution in [3.05, 3.63) is 125 Å². The second-order valence-corrected chi connectivity index (χ2v) is 10.1. The van der Waals surface area contributed by atoms with Gasteiger partial charge < -0.3 is 14.6 Å². The molecule has 2 atom stereocenters. The van der Waals surface area contributed by atoms with E-state index < -0.39 is 35.9 Å². The lowest BCUT2D eigenvalue weighted by Gasteiger charge is -2.24. The molecule has 1 aliphatic heterocycles. The molecule has 42 heavy (non-hydrogen) atoms. The number of carbonyl (C=O) groups is 2. The van der Waals surface area contributed by atoms with Gasteiger partial charge in [0, 0.05) is 5.56 Å². The van der Waals surface area contributed by atoms with Crippen molar-refractivity contribution >= 4 is 12.1 Å². The molecular formula is C33H28F3NO5. The number of hydrogen-bond donors (Lipinski definition) is 1. The third-order valence-corrected chi connectivity index (χ3v) is 7.22. The van der Waals surface area contributed by atoms with Crippen LogP contribution in [0, 0.1) is 0 Å². The van der Waals surface area contributed by atoms with Gasteiger partial charge in [0.05, 0.1) is 24.6 Å². The number of amides is 1. The molecule has 6 nitrogen and oxygen atoms in total. The Kier molecular flexibility index (Phi) is 8.20. The number of ether oxygens (including phenoxy) is 2. The molecule has 4 aromatic rings. The number of carboxylic acids is 1. The predicted molar refractivity (Wildman–Crippen MR) is 150 cm³/mol. The summed E-state index contributed by atoms with van der Waals surface area (Å²) in [7, 11) is 0. The zero-order valence-electron chi connectivity index (χ0n) is 22.7. The van der Waals surface area contributed by atoms with E-state index in [1.165, 1.54) is 11.0 Å². The minimum absolute atomic E-state index is 0.163. The number of alkyl halides is 3. The van der Waals surface area contributed by atoms with Crippen LogP contribution in [0.15, 0.2) is 97.1 Å². The van der Waals surface area contributed by atoms with Gasteiger partial charge in [0.1, 0.15) is 18.5 Å². The van der Waals surface area contributed by atoms with Gasteiger partial charge in [-0.3, -0.25) is 9.69 Å². The molecule has 9 heteroatoms. The van der Waals surface area contributed by atoms with E-state index in [0.29, 0.717) is 22.4 Å². The van der Waals surface area contributed by atoms with Crippen molar-refractivity contribution in [3.8, 4) is 16.9 Å². The van der Waals surface area contributed by atoms with E-state index in [1.807, 2.05) is 60.7 Å². The van der Waals surface area contributed by atoms with Gasteiger partial charge in [0.15, 0.2) is 0 Å². The van der Waals surface area contributed by atoms with Gasteiger partial charge >= 0.3 is 18.2 Å². The molecule has 0 radical (unpaired) electrons. The molecule has 1 saturated heterocycles. The van der Waals surface area contributed by atoms with Crippen molar-refractivity contribution in [2.24, 2.45) is 0 Å². The quantitative estimate of drug-likeness (QED) is 0.222. The maximum absolute atomic E-state index is 13.9. The number of carboxylic acid groups (broad SMARTS) is 1. The molecule has 0 aromatic heterocycles. The summed E-state index contributed by atoms with van der Waals surface area (Å²) < 4.78 is 53.3. The van der Waals surface area contributed by atoms with Gasteiger partial charge in [-0.25, -0.2) is 4.79 Å². The Morgan fingerprint density at radius 2 is 1.60 bits per heavy atom. The molecule has 1 heterocycles.